The van der Waals surface area contributed by atoms with Gasteiger partial charge in [-0.2, -0.15) is 0 Å². The molecule has 29 heavy (non-hydrogen) atoms. The summed E-state index contributed by atoms with van der Waals surface area (Å²) in [5.74, 6) is 0.883. The second-order valence-corrected chi connectivity index (χ2v) is 8.99. The van der Waals surface area contributed by atoms with Gasteiger partial charge in [-0.25, -0.2) is 4.79 Å². The Morgan fingerprint density at radius 1 is 1.31 bits per heavy atom. The third-order valence-electron chi connectivity index (χ3n) is 5.63. The highest BCUT2D eigenvalue weighted by atomic mass is 32.1. The van der Waals surface area contributed by atoms with Crippen LogP contribution in [-0.2, 0) is 24.1 Å². The SMILES string of the molecule is Cc1cc(C(=O)COC(=O)c2cc3c(s2)CC[C@@H](C)C3)c(C)n1Cc1ccco1. The summed E-state index contributed by atoms with van der Waals surface area (Å²) in [6.45, 7) is 6.41. The Balaban J connectivity index is 1.42. The van der Waals surface area contributed by atoms with Crippen molar-refractivity contribution in [1.82, 2.24) is 4.57 Å². The zero-order valence-corrected chi connectivity index (χ0v) is 17.8. The maximum atomic E-state index is 12.7. The first kappa shape index (κ1) is 19.7. The highest BCUT2D eigenvalue weighted by Crippen LogP contribution is 2.32. The van der Waals surface area contributed by atoms with Crippen molar-refractivity contribution in [1.29, 1.82) is 0 Å². The summed E-state index contributed by atoms with van der Waals surface area (Å²) in [4.78, 5) is 27.0. The number of carbonyl (C=O) groups is 2. The van der Waals surface area contributed by atoms with E-state index in [1.54, 1.807) is 6.26 Å². The molecule has 152 valence electrons. The van der Waals surface area contributed by atoms with E-state index in [-0.39, 0.29) is 12.4 Å². The van der Waals surface area contributed by atoms with Crippen LogP contribution in [0.4, 0.5) is 0 Å². The summed E-state index contributed by atoms with van der Waals surface area (Å²) in [5.41, 5.74) is 3.66. The Morgan fingerprint density at radius 2 is 2.14 bits per heavy atom. The highest BCUT2D eigenvalue weighted by molar-refractivity contribution is 7.14. The molecular weight excluding hydrogens is 386 g/mol. The van der Waals surface area contributed by atoms with Gasteiger partial charge in [0.25, 0.3) is 0 Å². The lowest BCUT2D eigenvalue weighted by Gasteiger charge is -2.16. The van der Waals surface area contributed by atoms with Crippen LogP contribution in [0.25, 0.3) is 0 Å². The standard InChI is InChI=1S/C23H25NO4S/c1-14-6-7-21-17(9-14)11-22(29-21)23(26)28-13-20(25)19-10-15(2)24(16(19)3)12-18-5-4-8-27-18/h4-5,8,10-11,14H,6-7,9,12-13H2,1-3H3/t14-/m1/s1. The second-order valence-electron chi connectivity index (χ2n) is 7.86. The molecule has 0 N–H and O–H groups in total. The summed E-state index contributed by atoms with van der Waals surface area (Å²) < 4.78 is 12.8. The highest BCUT2D eigenvalue weighted by Gasteiger charge is 2.23. The fourth-order valence-corrected chi connectivity index (χ4v) is 5.07. The number of esters is 1. The molecule has 0 amide bonds. The summed E-state index contributed by atoms with van der Waals surface area (Å²) >= 11 is 1.50. The van der Waals surface area contributed by atoms with E-state index in [1.165, 1.54) is 21.8 Å². The van der Waals surface area contributed by atoms with E-state index in [0.29, 0.717) is 22.9 Å². The molecule has 1 aliphatic carbocycles. The van der Waals surface area contributed by atoms with E-state index in [1.807, 2.05) is 42.7 Å². The Labute approximate surface area is 174 Å². The smallest absolute Gasteiger partial charge is 0.348 e. The summed E-state index contributed by atoms with van der Waals surface area (Å²) in [7, 11) is 0. The van der Waals surface area contributed by atoms with Crippen LogP contribution >= 0.6 is 11.3 Å². The number of hydrogen-bond acceptors (Lipinski definition) is 5. The zero-order chi connectivity index (χ0) is 20.5. The van der Waals surface area contributed by atoms with Gasteiger partial charge in [0.05, 0.1) is 12.8 Å². The molecule has 1 atom stereocenters. The quantitative estimate of drug-likeness (QED) is 0.424. The molecule has 3 aromatic heterocycles. The molecule has 0 aliphatic heterocycles. The van der Waals surface area contributed by atoms with Crippen LogP contribution in [0.1, 0.15) is 61.0 Å². The summed E-state index contributed by atoms with van der Waals surface area (Å²) in [6.07, 6.45) is 4.83. The molecule has 0 aromatic carbocycles. The van der Waals surface area contributed by atoms with Gasteiger partial charge in [-0.05, 0) is 68.9 Å². The molecule has 5 nitrogen and oxygen atoms in total. The number of hydrogen-bond donors (Lipinski definition) is 0. The number of thiophene rings is 1. The number of nitrogens with zero attached hydrogens (tertiary/aromatic N) is 1. The largest absolute Gasteiger partial charge is 0.467 e. The molecule has 0 fully saturated rings. The summed E-state index contributed by atoms with van der Waals surface area (Å²) in [6, 6.07) is 7.54. The van der Waals surface area contributed by atoms with Crippen molar-refractivity contribution >= 4 is 23.1 Å². The molecule has 0 bridgehead atoms. The number of ketones is 1. The molecule has 0 unspecified atom stereocenters. The number of fused-ring (bicyclic) bond motifs is 1. The molecule has 0 saturated heterocycles. The maximum absolute atomic E-state index is 12.7. The number of aryl methyl sites for hydroxylation is 2. The van der Waals surface area contributed by atoms with Crippen LogP contribution in [-0.4, -0.2) is 22.9 Å². The minimum Gasteiger partial charge on any atom is -0.467 e. The number of rotatable bonds is 6. The number of furan rings is 1. The van der Waals surface area contributed by atoms with Crippen molar-refractivity contribution in [3.8, 4) is 0 Å². The van der Waals surface area contributed by atoms with E-state index in [9.17, 15) is 9.59 Å². The van der Waals surface area contributed by atoms with Gasteiger partial charge in [0.1, 0.15) is 10.6 Å². The van der Waals surface area contributed by atoms with Gasteiger partial charge >= 0.3 is 5.97 Å². The Morgan fingerprint density at radius 3 is 2.90 bits per heavy atom. The lowest BCUT2D eigenvalue weighted by Crippen LogP contribution is -2.14. The van der Waals surface area contributed by atoms with Crippen molar-refractivity contribution in [2.24, 2.45) is 5.92 Å². The lowest BCUT2D eigenvalue weighted by molar-refractivity contribution is 0.0479. The molecule has 6 heteroatoms. The summed E-state index contributed by atoms with van der Waals surface area (Å²) in [5, 5.41) is 0. The van der Waals surface area contributed by atoms with Gasteiger partial charge in [0.2, 0.25) is 5.78 Å². The van der Waals surface area contributed by atoms with E-state index in [4.69, 9.17) is 9.15 Å². The average Bonchev–Trinajstić information content (AvgIpc) is 3.41. The van der Waals surface area contributed by atoms with Crippen LogP contribution in [0.2, 0.25) is 0 Å². The number of ether oxygens (including phenoxy) is 1. The van der Waals surface area contributed by atoms with E-state index >= 15 is 0 Å². The third kappa shape index (κ3) is 4.08. The molecule has 4 rings (SSSR count). The topological polar surface area (TPSA) is 61.4 Å². The van der Waals surface area contributed by atoms with Crippen molar-refractivity contribution in [2.75, 3.05) is 6.61 Å². The van der Waals surface area contributed by atoms with E-state index in [2.05, 4.69) is 6.92 Å². The Hall–Kier alpha value is -2.60. The van der Waals surface area contributed by atoms with E-state index < -0.39 is 5.97 Å². The number of aromatic nitrogens is 1. The predicted octanol–water partition coefficient (Wildman–Crippen LogP) is 4.97. The molecule has 1 aliphatic rings. The van der Waals surface area contributed by atoms with Gasteiger partial charge in [-0.1, -0.05) is 6.92 Å². The van der Waals surface area contributed by atoms with Crippen molar-refractivity contribution in [3.05, 3.63) is 68.6 Å². The van der Waals surface area contributed by atoms with Crippen molar-refractivity contribution in [2.45, 2.75) is 46.6 Å². The third-order valence-corrected chi connectivity index (χ3v) is 6.85. The van der Waals surface area contributed by atoms with Gasteiger partial charge in [0.15, 0.2) is 6.61 Å². The maximum Gasteiger partial charge on any atom is 0.348 e. The van der Waals surface area contributed by atoms with Gasteiger partial charge in [-0.15, -0.1) is 11.3 Å². The minimum atomic E-state index is -0.408. The average molecular weight is 412 g/mol. The monoisotopic (exact) mass is 411 g/mol. The zero-order valence-electron chi connectivity index (χ0n) is 17.0. The van der Waals surface area contributed by atoms with Gasteiger partial charge in [0, 0.05) is 21.8 Å². The minimum absolute atomic E-state index is 0.188. The molecule has 3 heterocycles. The second kappa shape index (κ2) is 8.03. The number of carbonyl (C=O) groups excluding carboxylic acids is 2. The van der Waals surface area contributed by atoms with Gasteiger partial charge in [-0.3, -0.25) is 4.79 Å². The van der Waals surface area contributed by atoms with E-state index in [0.717, 1.165) is 36.4 Å². The Kier molecular flexibility index (Phi) is 5.46. The molecule has 0 spiro atoms. The molecule has 0 radical (unpaired) electrons. The molecular formula is C23H25NO4S. The first-order valence-corrected chi connectivity index (χ1v) is 10.7. The van der Waals surface area contributed by atoms with Crippen LogP contribution < -0.4 is 0 Å². The van der Waals surface area contributed by atoms with Gasteiger partial charge < -0.3 is 13.7 Å². The number of Topliss-reactive ketones (excluding diaryl/α,β-unsaturated/α-hetero) is 1. The first-order chi connectivity index (χ1) is 13.9. The predicted molar refractivity (Wildman–Crippen MR) is 112 cm³/mol. The normalized spacial score (nSPS) is 15.9. The fourth-order valence-electron chi connectivity index (χ4n) is 3.97. The molecule has 0 saturated carbocycles. The Bertz CT molecular complexity index is 1040. The van der Waals surface area contributed by atoms with Crippen LogP contribution in [0.5, 0.6) is 0 Å². The lowest BCUT2D eigenvalue weighted by atomic mass is 9.90. The molecule has 3 aromatic rings. The van der Waals surface area contributed by atoms with Crippen LogP contribution in [0.3, 0.4) is 0 Å². The van der Waals surface area contributed by atoms with Crippen LogP contribution in [0.15, 0.2) is 34.9 Å². The van der Waals surface area contributed by atoms with Crippen molar-refractivity contribution in [3.63, 3.8) is 0 Å². The van der Waals surface area contributed by atoms with Crippen molar-refractivity contribution < 1.29 is 18.7 Å². The van der Waals surface area contributed by atoms with Crippen LogP contribution in [0, 0.1) is 19.8 Å². The fraction of sp³-hybridized carbons (Fsp3) is 0.391. The first-order valence-electron chi connectivity index (χ1n) is 9.93.